The van der Waals surface area contributed by atoms with Crippen molar-refractivity contribution in [2.45, 2.75) is 23.8 Å². The highest BCUT2D eigenvalue weighted by Crippen LogP contribution is 2.32. The molecule has 2 N–H and O–H groups in total. The van der Waals surface area contributed by atoms with E-state index in [0.29, 0.717) is 11.3 Å². The fraction of sp³-hybridized carbons (Fsp3) is 0.278. The van der Waals surface area contributed by atoms with E-state index in [-0.39, 0.29) is 5.91 Å². The van der Waals surface area contributed by atoms with E-state index >= 15 is 0 Å². The number of alkyl halides is 3. The van der Waals surface area contributed by atoms with Crippen LogP contribution in [0.2, 0.25) is 0 Å². The summed E-state index contributed by atoms with van der Waals surface area (Å²) in [5.74, 6) is 0.291. The van der Waals surface area contributed by atoms with Crippen molar-refractivity contribution in [3.8, 4) is 5.75 Å². The lowest BCUT2D eigenvalue weighted by Crippen LogP contribution is -2.49. The first kappa shape index (κ1) is 19.7. The molecule has 0 saturated carbocycles. The summed E-state index contributed by atoms with van der Waals surface area (Å²) in [5, 5.41) is 5.80. The fourth-order valence-electron chi connectivity index (χ4n) is 2.29. The second-order valence-corrected chi connectivity index (χ2v) is 8.01. The Bertz CT molecular complexity index is 743. The summed E-state index contributed by atoms with van der Waals surface area (Å²) >= 11 is 18.1. The molecule has 0 aliphatic heterocycles. The molecule has 0 radical (unpaired) electrons. The quantitative estimate of drug-likeness (QED) is 0.556. The van der Waals surface area contributed by atoms with E-state index in [1.165, 1.54) is 0 Å². The molecule has 1 atom stereocenters. The van der Waals surface area contributed by atoms with Crippen molar-refractivity contribution in [3.63, 3.8) is 0 Å². The average Bonchev–Trinajstić information content (AvgIpc) is 2.55. The monoisotopic (exact) mass is 400 g/mol. The first-order valence-corrected chi connectivity index (χ1v) is 8.69. The normalized spacial score (nSPS) is 12.4. The largest absolute Gasteiger partial charge is 0.497 e. The number of aryl methyl sites for hydroxylation is 2. The number of amides is 1. The van der Waals surface area contributed by atoms with Crippen molar-refractivity contribution >= 4 is 46.4 Å². The number of hydrogen-bond acceptors (Lipinski definition) is 3. The smallest absolute Gasteiger partial charge is 0.252 e. The van der Waals surface area contributed by atoms with Crippen LogP contribution < -0.4 is 15.4 Å². The summed E-state index contributed by atoms with van der Waals surface area (Å²) in [4.78, 5) is 12.5. The lowest BCUT2D eigenvalue weighted by atomic mass is 10.1. The third kappa shape index (κ3) is 5.43. The summed E-state index contributed by atoms with van der Waals surface area (Å²) in [6.07, 6.45) is -0.909. The number of methoxy groups -OCH3 is 1. The van der Waals surface area contributed by atoms with Crippen LogP contribution in [-0.2, 0) is 0 Å². The van der Waals surface area contributed by atoms with Gasteiger partial charge in [0.15, 0.2) is 0 Å². The summed E-state index contributed by atoms with van der Waals surface area (Å²) in [6.45, 7) is 3.94. The van der Waals surface area contributed by atoms with Crippen molar-refractivity contribution in [3.05, 3.63) is 59.2 Å². The van der Waals surface area contributed by atoms with Crippen LogP contribution in [0.4, 0.5) is 5.69 Å². The van der Waals surface area contributed by atoms with Crippen LogP contribution in [0.15, 0.2) is 42.5 Å². The molecule has 0 aliphatic rings. The fourth-order valence-corrected chi connectivity index (χ4v) is 2.61. The van der Waals surface area contributed by atoms with Gasteiger partial charge in [-0.15, -0.1) is 0 Å². The molecule has 2 rings (SSSR count). The Morgan fingerprint density at radius 3 is 2.24 bits per heavy atom. The number of carbonyl (C=O) groups excluding carboxylic acids is 1. The first-order valence-electron chi connectivity index (χ1n) is 7.56. The van der Waals surface area contributed by atoms with Crippen LogP contribution in [0.5, 0.6) is 5.75 Å². The Morgan fingerprint density at radius 1 is 1.08 bits per heavy atom. The predicted octanol–water partition coefficient (Wildman–Crippen LogP) is 4.85. The molecule has 2 aromatic carbocycles. The van der Waals surface area contributed by atoms with E-state index in [1.54, 1.807) is 31.4 Å². The van der Waals surface area contributed by atoms with Gasteiger partial charge in [0.1, 0.15) is 11.9 Å². The summed E-state index contributed by atoms with van der Waals surface area (Å²) in [5.41, 5.74) is 3.31. The zero-order chi connectivity index (χ0) is 18.6. The highest BCUT2D eigenvalue weighted by molar-refractivity contribution is 6.68. The number of rotatable bonds is 5. The van der Waals surface area contributed by atoms with Gasteiger partial charge < -0.3 is 15.4 Å². The summed E-state index contributed by atoms with van der Waals surface area (Å²) in [6, 6.07) is 12.5. The highest BCUT2D eigenvalue weighted by atomic mass is 35.6. The van der Waals surface area contributed by atoms with Gasteiger partial charge >= 0.3 is 0 Å². The first-order chi connectivity index (χ1) is 11.7. The second-order valence-electron chi connectivity index (χ2n) is 5.64. The Kier molecular flexibility index (Phi) is 6.44. The standard InChI is InChI=1S/C18H19Cl3N2O2/c1-11-4-9-15(12(2)10-11)22-17(18(19,20)21)23-16(24)13-5-7-14(25-3)8-6-13/h4-10,17,22H,1-3H3,(H,23,24)/t17-/m1/s1. The molecule has 0 saturated heterocycles. The maximum Gasteiger partial charge on any atom is 0.252 e. The third-order valence-electron chi connectivity index (χ3n) is 3.64. The van der Waals surface area contributed by atoms with E-state index in [9.17, 15) is 4.79 Å². The Balaban J connectivity index is 2.18. The Labute approximate surface area is 162 Å². The SMILES string of the molecule is COc1ccc(C(=O)N[C@@H](Nc2ccc(C)cc2C)C(Cl)(Cl)Cl)cc1. The van der Waals surface area contributed by atoms with Gasteiger partial charge in [0.05, 0.1) is 7.11 Å². The summed E-state index contributed by atoms with van der Waals surface area (Å²) < 4.78 is 3.34. The molecule has 25 heavy (non-hydrogen) atoms. The minimum Gasteiger partial charge on any atom is -0.497 e. The lowest BCUT2D eigenvalue weighted by molar-refractivity contribution is 0.0942. The third-order valence-corrected chi connectivity index (χ3v) is 4.29. The van der Waals surface area contributed by atoms with Gasteiger partial charge in [0, 0.05) is 11.3 Å². The molecule has 134 valence electrons. The molecule has 0 unspecified atom stereocenters. The van der Waals surface area contributed by atoms with Crippen molar-refractivity contribution in [1.29, 1.82) is 0 Å². The number of ether oxygens (including phenoxy) is 1. The van der Waals surface area contributed by atoms with Gasteiger partial charge in [-0.05, 0) is 49.7 Å². The van der Waals surface area contributed by atoms with Crippen molar-refractivity contribution in [2.24, 2.45) is 0 Å². The Hall–Kier alpha value is -1.62. The molecule has 0 spiro atoms. The molecule has 0 aliphatic carbocycles. The van der Waals surface area contributed by atoms with E-state index in [0.717, 1.165) is 16.8 Å². The zero-order valence-corrected chi connectivity index (χ0v) is 16.3. The number of halogens is 3. The summed E-state index contributed by atoms with van der Waals surface area (Å²) in [7, 11) is 1.56. The number of hydrogen-bond donors (Lipinski definition) is 2. The molecule has 4 nitrogen and oxygen atoms in total. The molecular formula is C18H19Cl3N2O2. The van der Waals surface area contributed by atoms with Gasteiger partial charge in [0.2, 0.25) is 3.79 Å². The molecular weight excluding hydrogens is 383 g/mol. The van der Waals surface area contributed by atoms with Crippen molar-refractivity contribution in [1.82, 2.24) is 5.32 Å². The van der Waals surface area contributed by atoms with Crippen LogP contribution >= 0.6 is 34.8 Å². The van der Waals surface area contributed by atoms with Crippen LogP contribution in [0.3, 0.4) is 0 Å². The van der Waals surface area contributed by atoms with Crippen LogP contribution in [0.1, 0.15) is 21.5 Å². The van der Waals surface area contributed by atoms with Gasteiger partial charge in [0.25, 0.3) is 5.91 Å². The maximum absolute atomic E-state index is 12.5. The van der Waals surface area contributed by atoms with E-state index in [4.69, 9.17) is 39.5 Å². The van der Waals surface area contributed by atoms with Gasteiger partial charge in [-0.2, -0.15) is 0 Å². The van der Waals surface area contributed by atoms with E-state index in [1.807, 2.05) is 32.0 Å². The predicted molar refractivity (Wildman–Crippen MR) is 104 cm³/mol. The van der Waals surface area contributed by atoms with Gasteiger partial charge in [-0.1, -0.05) is 52.5 Å². The molecule has 0 aromatic heterocycles. The molecule has 2 aromatic rings. The zero-order valence-electron chi connectivity index (χ0n) is 14.1. The number of carbonyl (C=O) groups is 1. The van der Waals surface area contributed by atoms with Gasteiger partial charge in [-0.25, -0.2) is 0 Å². The minimum atomic E-state index is -1.74. The molecule has 1 amide bonds. The number of anilines is 1. The topological polar surface area (TPSA) is 50.4 Å². The van der Waals surface area contributed by atoms with Crippen LogP contribution in [-0.4, -0.2) is 23.0 Å². The molecule has 7 heteroatoms. The van der Waals surface area contributed by atoms with E-state index < -0.39 is 9.96 Å². The molecule has 0 heterocycles. The number of benzene rings is 2. The van der Waals surface area contributed by atoms with Crippen LogP contribution in [0, 0.1) is 13.8 Å². The number of nitrogens with one attached hydrogen (secondary N) is 2. The minimum absolute atomic E-state index is 0.365. The van der Waals surface area contributed by atoms with Crippen molar-refractivity contribution < 1.29 is 9.53 Å². The van der Waals surface area contributed by atoms with Crippen LogP contribution in [0.25, 0.3) is 0 Å². The average molecular weight is 402 g/mol. The van der Waals surface area contributed by atoms with E-state index in [2.05, 4.69) is 10.6 Å². The highest BCUT2D eigenvalue weighted by Gasteiger charge is 2.34. The van der Waals surface area contributed by atoms with Gasteiger partial charge in [-0.3, -0.25) is 4.79 Å². The Morgan fingerprint density at radius 2 is 1.72 bits per heavy atom. The lowest BCUT2D eigenvalue weighted by Gasteiger charge is -2.28. The molecule has 0 fully saturated rings. The maximum atomic E-state index is 12.5. The second kappa shape index (κ2) is 8.17. The molecule has 0 bridgehead atoms. The van der Waals surface area contributed by atoms with Crippen molar-refractivity contribution in [2.75, 3.05) is 12.4 Å².